The summed E-state index contributed by atoms with van der Waals surface area (Å²) < 4.78 is 28.0. The highest BCUT2D eigenvalue weighted by atomic mass is 32.2. The molecule has 98 valence electrons. The summed E-state index contributed by atoms with van der Waals surface area (Å²) in [6.07, 6.45) is 1.15. The fourth-order valence-corrected chi connectivity index (χ4v) is 4.28. The zero-order chi connectivity index (χ0) is 13.2. The van der Waals surface area contributed by atoms with Gasteiger partial charge in [-0.25, -0.2) is 8.42 Å². The quantitative estimate of drug-likeness (QED) is 0.763. The number of sulfone groups is 1. The molecular weight excluding hydrogens is 274 g/mol. The summed E-state index contributed by atoms with van der Waals surface area (Å²) in [5.41, 5.74) is 0. The van der Waals surface area contributed by atoms with E-state index >= 15 is 0 Å². The molecule has 0 aliphatic carbocycles. The first-order chi connectivity index (χ1) is 8.48. The number of hydrogen-bond acceptors (Lipinski definition) is 7. The lowest BCUT2D eigenvalue weighted by Crippen LogP contribution is -2.07. The van der Waals surface area contributed by atoms with Crippen molar-refractivity contribution in [3.8, 4) is 6.07 Å². The maximum Gasteiger partial charge on any atom is 0.277 e. The third kappa shape index (κ3) is 3.46. The monoisotopic (exact) mass is 287 g/mol. The third-order valence-corrected chi connectivity index (χ3v) is 5.36. The Hall–Kier alpha value is -1.07. The Labute approximate surface area is 110 Å². The highest BCUT2D eigenvalue weighted by Crippen LogP contribution is 2.25. The molecule has 0 N–H and O–H groups in total. The molecule has 2 rings (SSSR count). The summed E-state index contributed by atoms with van der Waals surface area (Å²) in [7, 11) is -2.87. The van der Waals surface area contributed by atoms with Crippen LogP contribution in [0.5, 0.6) is 0 Å². The highest BCUT2D eigenvalue weighted by molar-refractivity contribution is 7.99. The van der Waals surface area contributed by atoms with Crippen molar-refractivity contribution in [2.24, 2.45) is 5.92 Å². The first-order valence-corrected chi connectivity index (χ1v) is 8.27. The van der Waals surface area contributed by atoms with Gasteiger partial charge in [-0.2, -0.15) is 5.26 Å². The molecule has 1 aliphatic rings. The summed E-state index contributed by atoms with van der Waals surface area (Å²) in [6, 6.07) is 2.06. The predicted octanol–water partition coefficient (Wildman–Crippen LogP) is 1.05. The minimum absolute atomic E-state index is 0.0710. The van der Waals surface area contributed by atoms with Gasteiger partial charge in [-0.1, -0.05) is 0 Å². The molecule has 0 unspecified atom stereocenters. The fourth-order valence-electron chi connectivity index (χ4n) is 1.83. The van der Waals surface area contributed by atoms with Gasteiger partial charge in [0, 0.05) is 6.42 Å². The summed E-state index contributed by atoms with van der Waals surface area (Å²) in [5.74, 6) is 0.970. The molecule has 0 spiro atoms. The van der Waals surface area contributed by atoms with Gasteiger partial charge in [0.1, 0.15) is 0 Å². The van der Waals surface area contributed by atoms with Crippen LogP contribution < -0.4 is 0 Å². The normalized spacial score (nSPS) is 23.7. The SMILES string of the molecule is C[C@H](C#N)Sc1nnc(C[C@H]2CCS(=O)(=O)C2)o1. The minimum Gasteiger partial charge on any atom is -0.416 e. The molecule has 2 atom stereocenters. The van der Waals surface area contributed by atoms with Crippen molar-refractivity contribution in [1.29, 1.82) is 5.26 Å². The summed E-state index contributed by atoms with van der Waals surface area (Å²) in [5, 5.41) is 16.5. The zero-order valence-corrected chi connectivity index (χ0v) is 11.5. The Morgan fingerprint density at radius 1 is 1.61 bits per heavy atom. The Kier molecular flexibility index (Phi) is 3.92. The standard InChI is InChI=1S/C10H13N3O3S2/c1-7(5-11)17-10-13-12-9(16-10)4-8-2-3-18(14,15)6-8/h7-8H,2-4,6H2,1H3/t7-,8-/m1/s1. The van der Waals surface area contributed by atoms with Crippen LogP contribution in [0.2, 0.25) is 0 Å². The largest absolute Gasteiger partial charge is 0.416 e. The number of aromatic nitrogens is 2. The number of thioether (sulfide) groups is 1. The van der Waals surface area contributed by atoms with Crippen LogP contribution in [-0.2, 0) is 16.3 Å². The van der Waals surface area contributed by atoms with Crippen molar-refractivity contribution < 1.29 is 12.8 Å². The van der Waals surface area contributed by atoms with E-state index in [0.29, 0.717) is 24.0 Å². The molecule has 0 aromatic carbocycles. The second-order valence-electron chi connectivity index (χ2n) is 4.32. The van der Waals surface area contributed by atoms with Crippen LogP contribution in [-0.4, -0.2) is 35.4 Å². The van der Waals surface area contributed by atoms with Crippen LogP contribution in [0.1, 0.15) is 19.2 Å². The van der Waals surface area contributed by atoms with Crippen LogP contribution in [0.3, 0.4) is 0 Å². The van der Waals surface area contributed by atoms with Gasteiger partial charge in [0.25, 0.3) is 5.22 Å². The number of nitrogens with zero attached hydrogens (tertiary/aromatic N) is 3. The van der Waals surface area contributed by atoms with Gasteiger partial charge >= 0.3 is 0 Å². The Bertz CT molecular complexity index is 561. The van der Waals surface area contributed by atoms with E-state index in [9.17, 15) is 8.42 Å². The zero-order valence-electron chi connectivity index (χ0n) is 9.87. The van der Waals surface area contributed by atoms with E-state index in [2.05, 4.69) is 16.3 Å². The average molecular weight is 287 g/mol. The van der Waals surface area contributed by atoms with Crippen molar-refractivity contribution in [2.75, 3.05) is 11.5 Å². The molecule has 18 heavy (non-hydrogen) atoms. The van der Waals surface area contributed by atoms with Crippen molar-refractivity contribution in [3.63, 3.8) is 0 Å². The number of hydrogen-bond donors (Lipinski definition) is 0. The summed E-state index contributed by atoms with van der Waals surface area (Å²) in [6.45, 7) is 1.75. The maximum atomic E-state index is 11.3. The first kappa shape index (κ1) is 13.4. The van der Waals surface area contributed by atoms with Crippen molar-refractivity contribution in [2.45, 2.75) is 30.2 Å². The van der Waals surface area contributed by atoms with Gasteiger partial charge in [-0.15, -0.1) is 10.2 Å². The Morgan fingerprint density at radius 2 is 2.39 bits per heavy atom. The Morgan fingerprint density at radius 3 is 3.00 bits per heavy atom. The van der Waals surface area contributed by atoms with Crippen molar-refractivity contribution >= 4 is 21.6 Å². The molecule has 1 fully saturated rings. The molecular formula is C10H13N3O3S2. The van der Waals surface area contributed by atoms with E-state index in [1.807, 2.05) is 0 Å². The number of rotatable bonds is 4. The van der Waals surface area contributed by atoms with Gasteiger partial charge < -0.3 is 4.42 Å². The van der Waals surface area contributed by atoms with Crippen LogP contribution in [0, 0.1) is 17.2 Å². The molecule has 1 aliphatic heterocycles. The third-order valence-electron chi connectivity index (χ3n) is 2.70. The highest BCUT2D eigenvalue weighted by Gasteiger charge is 2.29. The van der Waals surface area contributed by atoms with Crippen LogP contribution >= 0.6 is 11.8 Å². The van der Waals surface area contributed by atoms with Gasteiger partial charge in [0.2, 0.25) is 5.89 Å². The molecule has 0 amide bonds. The maximum absolute atomic E-state index is 11.3. The van der Waals surface area contributed by atoms with Crippen LogP contribution in [0.25, 0.3) is 0 Å². The molecule has 1 aromatic rings. The molecule has 1 saturated heterocycles. The fraction of sp³-hybridized carbons (Fsp3) is 0.700. The molecule has 1 aromatic heterocycles. The lowest BCUT2D eigenvalue weighted by atomic mass is 10.1. The van der Waals surface area contributed by atoms with Gasteiger partial charge in [-0.3, -0.25) is 0 Å². The van der Waals surface area contributed by atoms with Crippen LogP contribution in [0.15, 0.2) is 9.64 Å². The molecule has 6 nitrogen and oxygen atoms in total. The smallest absolute Gasteiger partial charge is 0.277 e. The second-order valence-corrected chi connectivity index (χ2v) is 7.84. The molecule has 2 heterocycles. The van der Waals surface area contributed by atoms with Crippen LogP contribution in [0.4, 0.5) is 0 Å². The molecule has 8 heteroatoms. The lowest BCUT2D eigenvalue weighted by molar-refractivity contribution is 0.389. The predicted molar refractivity (Wildman–Crippen MR) is 65.7 cm³/mol. The van der Waals surface area contributed by atoms with Gasteiger partial charge in [0.15, 0.2) is 9.84 Å². The molecule has 0 bridgehead atoms. The second kappa shape index (κ2) is 5.28. The lowest BCUT2D eigenvalue weighted by Gasteiger charge is -2.01. The summed E-state index contributed by atoms with van der Waals surface area (Å²) >= 11 is 1.20. The molecule has 0 saturated carbocycles. The van der Waals surface area contributed by atoms with E-state index in [-0.39, 0.29) is 22.7 Å². The molecule has 0 radical (unpaired) electrons. The summed E-state index contributed by atoms with van der Waals surface area (Å²) in [4.78, 5) is 0. The van der Waals surface area contributed by atoms with Gasteiger partial charge in [-0.05, 0) is 31.0 Å². The first-order valence-electron chi connectivity index (χ1n) is 5.57. The topological polar surface area (TPSA) is 96.9 Å². The number of nitriles is 1. The van der Waals surface area contributed by atoms with Crippen molar-refractivity contribution in [1.82, 2.24) is 10.2 Å². The van der Waals surface area contributed by atoms with Crippen molar-refractivity contribution in [3.05, 3.63) is 5.89 Å². The average Bonchev–Trinajstić information content (AvgIpc) is 2.86. The van der Waals surface area contributed by atoms with E-state index in [1.54, 1.807) is 6.92 Å². The Balaban J connectivity index is 1.93. The van der Waals surface area contributed by atoms with E-state index < -0.39 is 9.84 Å². The van der Waals surface area contributed by atoms with E-state index in [0.717, 1.165) is 0 Å². The van der Waals surface area contributed by atoms with E-state index in [4.69, 9.17) is 9.68 Å². The van der Waals surface area contributed by atoms with Gasteiger partial charge in [0.05, 0.1) is 22.8 Å². The minimum atomic E-state index is -2.87. The van der Waals surface area contributed by atoms with E-state index in [1.165, 1.54) is 11.8 Å².